The van der Waals surface area contributed by atoms with Crippen LogP contribution in [-0.2, 0) is 41.6 Å². The molecule has 5 rings (SSSR count). The Bertz CT molecular complexity index is 2720. The maximum absolute atomic E-state index is 14.2. The van der Waals surface area contributed by atoms with Gasteiger partial charge in [-0.2, -0.15) is 10.1 Å². The van der Waals surface area contributed by atoms with Crippen molar-refractivity contribution in [3.63, 3.8) is 0 Å². The fourth-order valence-electron chi connectivity index (χ4n) is 7.29. The Morgan fingerprint density at radius 3 is 2.14 bits per heavy atom. The number of amides is 4. The lowest BCUT2D eigenvalue weighted by Crippen LogP contribution is -2.50. The third-order valence-electron chi connectivity index (χ3n) is 10.4. The van der Waals surface area contributed by atoms with Crippen molar-refractivity contribution >= 4 is 60.2 Å². The second kappa shape index (κ2) is 23.8. The molecule has 0 saturated heterocycles. The number of benzene rings is 3. The average molecular weight is 1010 g/mol. The molecule has 73 heavy (non-hydrogen) atoms. The highest BCUT2D eigenvalue weighted by molar-refractivity contribution is 6.00. The van der Waals surface area contributed by atoms with E-state index >= 15 is 0 Å². The van der Waals surface area contributed by atoms with Crippen LogP contribution in [0, 0.1) is 5.41 Å². The van der Waals surface area contributed by atoms with E-state index in [0.717, 1.165) is 21.6 Å². The minimum atomic E-state index is -1.26. The summed E-state index contributed by atoms with van der Waals surface area (Å²) in [5.74, 6) is -0.724. The van der Waals surface area contributed by atoms with E-state index in [4.69, 9.17) is 45.3 Å². The summed E-state index contributed by atoms with van der Waals surface area (Å²) in [5.41, 5.74) is 14.0. The topological polar surface area (TPSA) is 285 Å². The molecule has 1 aromatic heterocycles. The molecule has 1 aliphatic heterocycles. The Morgan fingerprint density at radius 2 is 1.51 bits per heavy atom. The van der Waals surface area contributed by atoms with Crippen LogP contribution in [-0.4, -0.2) is 106 Å². The Hall–Kier alpha value is -8.23. The number of nitrogen functional groups attached to an aromatic ring is 2. The summed E-state index contributed by atoms with van der Waals surface area (Å²) in [4.78, 5) is 75.7. The van der Waals surface area contributed by atoms with E-state index in [1.165, 1.54) is 25.3 Å². The SMILES string of the molecule is COc1cc(Cc2cnc(N)nc2N)cc(/C=C/C(=O)N2N=Cc3ccccc3[C@@H]2c2ccc(COC(=O)[C@H](CCCN(C(=N)NC(=O)OC(C)(C)C)C(=O)OC(C)(C)C)NC(=O)OC(C)(C)C)cc2)c1OC. The van der Waals surface area contributed by atoms with Gasteiger partial charge in [-0.15, -0.1) is 0 Å². The molecule has 7 N–H and O–H groups in total. The zero-order valence-electron chi connectivity index (χ0n) is 43.2. The number of nitrogens with one attached hydrogen (secondary N) is 3. The van der Waals surface area contributed by atoms with E-state index in [1.54, 1.807) is 111 Å². The Balaban J connectivity index is 1.33. The molecular weight excluding hydrogens is 941 g/mol. The van der Waals surface area contributed by atoms with Crippen LogP contribution >= 0.6 is 0 Å². The van der Waals surface area contributed by atoms with Gasteiger partial charge in [0, 0.05) is 41.9 Å². The van der Waals surface area contributed by atoms with E-state index in [0.29, 0.717) is 40.2 Å². The van der Waals surface area contributed by atoms with Gasteiger partial charge >= 0.3 is 24.2 Å². The van der Waals surface area contributed by atoms with Gasteiger partial charge < -0.3 is 45.2 Å². The zero-order chi connectivity index (χ0) is 53.8. The molecule has 21 nitrogen and oxygen atoms in total. The number of nitrogens with two attached hydrogens (primary N) is 2. The van der Waals surface area contributed by atoms with E-state index in [-0.39, 0.29) is 37.8 Å². The normalized spacial score (nSPS) is 13.8. The number of esters is 1. The first-order valence-corrected chi connectivity index (χ1v) is 23.3. The molecule has 0 saturated carbocycles. The lowest BCUT2D eigenvalue weighted by atomic mass is 9.92. The van der Waals surface area contributed by atoms with Gasteiger partial charge in [0.2, 0.25) is 11.9 Å². The van der Waals surface area contributed by atoms with Crippen molar-refractivity contribution in [3.8, 4) is 11.5 Å². The predicted octanol–water partition coefficient (Wildman–Crippen LogP) is 7.64. The number of ether oxygens (including phenoxy) is 6. The summed E-state index contributed by atoms with van der Waals surface area (Å²) in [6.07, 6.45) is 3.73. The quantitative estimate of drug-likeness (QED) is 0.0251. The maximum atomic E-state index is 14.2. The van der Waals surface area contributed by atoms with Gasteiger partial charge in [0.1, 0.15) is 41.3 Å². The summed E-state index contributed by atoms with van der Waals surface area (Å²) in [6, 6.07) is 16.4. The van der Waals surface area contributed by atoms with Gasteiger partial charge in [-0.3, -0.25) is 15.5 Å². The van der Waals surface area contributed by atoms with Crippen molar-refractivity contribution in [1.29, 1.82) is 5.41 Å². The molecule has 21 heteroatoms. The molecule has 0 aliphatic carbocycles. The van der Waals surface area contributed by atoms with Crippen molar-refractivity contribution in [2.24, 2.45) is 5.10 Å². The number of carbonyl (C=O) groups excluding carboxylic acids is 5. The number of hydrogen-bond acceptors (Lipinski definition) is 17. The molecule has 0 unspecified atom stereocenters. The Morgan fingerprint density at radius 1 is 0.849 bits per heavy atom. The van der Waals surface area contributed by atoms with Crippen molar-refractivity contribution in [1.82, 2.24) is 30.5 Å². The van der Waals surface area contributed by atoms with E-state index < -0.39 is 65.0 Å². The first kappa shape index (κ1) is 55.7. The number of methoxy groups -OCH3 is 2. The molecule has 0 spiro atoms. The molecule has 0 radical (unpaired) electrons. The summed E-state index contributed by atoms with van der Waals surface area (Å²) in [5, 5.41) is 19.3. The molecular formula is C52H66N10O11. The summed E-state index contributed by atoms with van der Waals surface area (Å²) in [7, 11) is 3.02. The first-order valence-electron chi connectivity index (χ1n) is 23.3. The number of carbonyl (C=O) groups is 5. The number of aromatic nitrogens is 2. The van der Waals surface area contributed by atoms with Crippen LogP contribution < -0.4 is 31.6 Å². The minimum absolute atomic E-state index is 0.0294. The molecule has 1 aliphatic rings. The molecule has 0 fully saturated rings. The number of hydrazone groups is 1. The fraction of sp³-hybridized carbons (Fsp3) is 0.404. The molecule has 2 atom stereocenters. The number of hydrogen-bond donors (Lipinski definition) is 5. The lowest BCUT2D eigenvalue weighted by molar-refractivity contribution is -0.147. The van der Waals surface area contributed by atoms with Crippen molar-refractivity contribution in [2.75, 3.05) is 32.2 Å². The smallest absolute Gasteiger partial charge is 0.417 e. The van der Waals surface area contributed by atoms with Gasteiger partial charge in [-0.05, 0) is 116 Å². The number of anilines is 2. The van der Waals surface area contributed by atoms with Gasteiger partial charge in [-0.1, -0.05) is 48.5 Å². The number of rotatable bonds is 15. The second-order valence-corrected chi connectivity index (χ2v) is 19.8. The minimum Gasteiger partial charge on any atom is -0.493 e. The third-order valence-corrected chi connectivity index (χ3v) is 10.4. The second-order valence-electron chi connectivity index (χ2n) is 19.8. The highest BCUT2D eigenvalue weighted by atomic mass is 16.6. The largest absolute Gasteiger partial charge is 0.493 e. The van der Waals surface area contributed by atoms with Crippen LogP contribution in [0.15, 0.2) is 78.0 Å². The van der Waals surface area contributed by atoms with E-state index in [1.807, 2.05) is 30.3 Å². The fourth-order valence-corrected chi connectivity index (χ4v) is 7.29. The maximum Gasteiger partial charge on any atom is 0.417 e. The van der Waals surface area contributed by atoms with Crippen LogP contribution in [0.2, 0.25) is 0 Å². The van der Waals surface area contributed by atoms with E-state index in [2.05, 4.69) is 25.7 Å². The number of nitrogens with zero attached hydrogens (tertiary/aromatic N) is 5. The summed E-state index contributed by atoms with van der Waals surface area (Å²) < 4.78 is 33.3. The number of guanidine groups is 1. The highest BCUT2D eigenvalue weighted by Gasteiger charge is 2.32. The van der Waals surface area contributed by atoms with Crippen molar-refractivity contribution in [2.45, 2.75) is 117 Å². The molecule has 2 heterocycles. The first-order chi connectivity index (χ1) is 34.2. The predicted molar refractivity (Wildman–Crippen MR) is 274 cm³/mol. The van der Waals surface area contributed by atoms with Crippen molar-refractivity contribution < 1.29 is 52.4 Å². The lowest BCUT2D eigenvalue weighted by Gasteiger charge is -2.31. The Labute approximate surface area is 425 Å². The highest BCUT2D eigenvalue weighted by Crippen LogP contribution is 2.37. The van der Waals surface area contributed by atoms with Crippen LogP contribution in [0.5, 0.6) is 11.5 Å². The number of alkyl carbamates (subject to hydrolysis) is 2. The van der Waals surface area contributed by atoms with Gasteiger partial charge in [0.25, 0.3) is 5.91 Å². The average Bonchev–Trinajstić information content (AvgIpc) is 3.29. The van der Waals surface area contributed by atoms with Crippen LogP contribution in [0.1, 0.15) is 120 Å². The standard InChI is InChI=1S/C52H66N10O11/c1-50(2,3)71-47(65)58-38(17-14-24-61(49(67)73-52(7,8)9)46(55)60-48(66)72-51(4,5)6)44(64)70-30-31-18-20-33(21-19-31)41-37-16-13-12-15-35(37)29-57-62(41)40(63)23-22-34-25-32(27-39(68-10)42(34)69-11)26-36-28-56-45(54)59-43(36)53/h12-13,15-16,18-23,25,27-29,38,41H,14,17,24,26,30H2,1-11H3,(H,58,65)(H2,55,60,66)(H4,53,54,56,59)/b23-22+/t38-,41-/m0/s1. The van der Waals surface area contributed by atoms with Crippen LogP contribution in [0.3, 0.4) is 0 Å². The molecule has 0 bridgehead atoms. The summed E-state index contributed by atoms with van der Waals surface area (Å²) >= 11 is 0. The Kier molecular flexibility index (Phi) is 18.1. The number of fused-ring (bicyclic) bond motifs is 1. The van der Waals surface area contributed by atoms with Crippen LogP contribution in [0.4, 0.5) is 26.1 Å². The van der Waals surface area contributed by atoms with Crippen molar-refractivity contribution in [3.05, 3.63) is 112 Å². The van der Waals surface area contributed by atoms with E-state index in [9.17, 15) is 24.0 Å². The van der Waals surface area contributed by atoms with Gasteiger partial charge in [0.15, 0.2) is 11.5 Å². The summed E-state index contributed by atoms with van der Waals surface area (Å²) in [6.45, 7) is 14.5. The van der Waals surface area contributed by atoms with Gasteiger partial charge in [-0.25, -0.2) is 34.1 Å². The molecule has 390 valence electrons. The monoisotopic (exact) mass is 1010 g/mol. The van der Waals surface area contributed by atoms with Crippen LogP contribution in [0.25, 0.3) is 6.08 Å². The molecule has 3 aromatic carbocycles. The zero-order valence-corrected chi connectivity index (χ0v) is 43.2. The molecule has 4 aromatic rings. The molecule has 4 amide bonds. The van der Waals surface area contributed by atoms with Gasteiger partial charge in [0.05, 0.1) is 20.4 Å². The third kappa shape index (κ3) is 16.4.